The van der Waals surface area contributed by atoms with Crippen molar-refractivity contribution in [1.82, 2.24) is 0 Å². The molecule has 2 heteroatoms. The number of fused-ring (bicyclic) bond motifs is 1. The molecular weight excluding hydrogens is 228 g/mol. The second-order valence-electron chi connectivity index (χ2n) is 4.72. The highest BCUT2D eigenvalue weighted by molar-refractivity contribution is 7.99. The molecule has 1 nitrogen and oxygen atoms in total. The smallest absolute Gasteiger partial charge is 0.147 e. The molecule has 17 heavy (non-hydrogen) atoms. The molecule has 0 radical (unpaired) electrons. The fraction of sp³-hybridized carbons (Fsp3) is 0.533. The van der Waals surface area contributed by atoms with E-state index in [0.29, 0.717) is 18.0 Å². The zero-order valence-electron chi connectivity index (χ0n) is 10.5. The third kappa shape index (κ3) is 3.60. The number of rotatable bonds is 6. The number of Topliss-reactive ketones (excluding diaryl/α,β-unsaturated/α-hetero) is 1. The van der Waals surface area contributed by atoms with Crippen LogP contribution in [0.5, 0.6) is 0 Å². The molecular formula is C15H20OS. The Balaban J connectivity index is 1.88. The molecule has 0 aliphatic heterocycles. The summed E-state index contributed by atoms with van der Waals surface area (Å²) in [6, 6.07) is 6.58. The zero-order chi connectivity index (χ0) is 12.1. The molecule has 1 aromatic rings. The highest BCUT2D eigenvalue weighted by Gasteiger charge is 2.12. The molecule has 0 amide bonds. The van der Waals surface area contributed by atoms with E-state index in [-0.39, 0.29) is 0 Å². The van der Waals surface area contributed by atoms with E-state index in [9.17, 15) is 4.79 Å². The molecule has 2 rings (SSSR count). The van der Waals surface area contributed by atoms with E-state index in [1.165, 1.54) is 36.0 Å². The van der Waals surface area contributed by atoms with Gasteiger partial charge in [0.05, 0.1) is 5.75 Å². The third-order valence-corrected chi connectivity index (χ3v) is 4.40. The summed E-state index contributed by atoms with van der Waals surface area (Å²) >= 11 is 1.76. The van der Waals surface area contributed by atoms with Crippen molar-refractivity contribution in [3.05, 3.63) is 34.9 Å². The Labute approximate surface area is 108 Å². The van der Waals surface area contributed by atoms with Crippen molar-refractivity contribution in [3.63, 3.8) is 0 Å². The third-order valence-electron chi connectivity index (χ3n) is 3.18. The number of carbonyl (C=O) groups is 1. The Kier molecular flexibility index (Phi) is 4.66. The van der Waals surface area contributed by atoms with Gasteiger partial charge in [-0.3, -0.25) is 4.79 Å². The maximum Gasteiger partial charge on any atom is 0.147 e. The van der Waals surface area contributed by atoms with Gasteiger partial charge in [-0.25, -0.2) is 0 Å². The second-order valence-corrected chi connectivity index (χ2v) is 5.83. The van der Waals surface area contributed by atoms with Gasteiger partial charge in [0, 0.05) is 6.42 Å². The van der Waals surface area contributed by atoms with E-state index in [1.807, 2.05) is 0 Å². The highest BCUT2D eigenvalue weighted by atomic mass is 32.2. The molecule has 0 saturated heterocycles. The summed E-state index contributed by atoms with van der Waals surface area (Å²) in [5.41, 5.74) is 4.16. The van der Waals surface area contributed by atoms with Crippen LogP contribution in [-0.4, -0.2) is 17.3 Å². The monoisotopic (exact) mass is 248 g/mol. The summed E-state index contributed by atoms with van der Waals surface area (Å²) in [6.07, 6.45) is 5.46. The minimum absolute atomic E-state index is 0.362. The van der Waals surface area contributed by atoms with Gasteiger partial charge in [-0.2, -0.15) is 11.8 Å². The molecule has 0 unspecified atom stereocenters. The molecule has 0 fully saturated rings. The highest BCUT2D eigenvalue weighted by Crippen LogP contribution is 2.23. The van der Waals surface area contributed by atoms with Crippen molar-refractivity contribution in [2.45, 2.75) is 39.0 Å². The maximum absolute atomic E-state index is 11.8. The summed E-state index contributed by atoms with van der Waals surface area (Å²) in [7, 11) is 0. The predicted molar refractivity (Wildman–Crippen MR) is 74.8 cm³/mol. The van der Waals surface area contributed by atoms with Crippen LogP contribution < -0.4 is 0 Å². The van der Waals surface area contributed by atoms with Gasteiger partial charge in [-0.1, -0.05) is 25.1 Å². The number of hydrogen-bond donors (Lipinski definition) is 0. The van der Waals surface area contributed by atoms with Crippen LogP contribution in [0, 0.1) is 0 Å². The van der Waals surface area contributed by atoms with E-state index >= 15 is 0 Å². The van der Waals surface area contributed by atoms with Gasteiger partial charge in [0.25, 0.3) is 0 Å². The zero-order valence-corrected chi connectivity index (χ0v) is 11.3. The van der Waals surface area contributed by atoms with Crippen LogP contribution in [0.3, 0.4) is 0 Å². The average Bonchev–Trinajstić information content (AvgIpc) is 2.76. The van der Waals surface area contributed by atoms with E-state index in [1.54, 1.807) is 11.8 Å². The lowest BCUT2D eigenvalue weighted by molar-refractivity contribution is -0.116. The molecule has 0 N–H and O–H groups in total. The minimum atomic E-state index is 0.362. The quantitative estimate of drug-likeness (QED) is 0.717. The molecule has 0 saturated carbocycles. The van der Waals surface area contributed by atoms with Crippen molar-refractivity contribution in [2.24, 2.45) is 0 Å². The van der Waals surface area contributed by atoms with Crippen molar-refractivity contribution >= 4 is 17.5 Å². The standard InChI is InChI=1S/C15H20OS/c1-2-8-17-11-15(16)10-12-6-7-13-4-3-5-14(13)9-12/h6-7,9H,2-5,8,10-11H2,1H3. The average molecular weight is 248 g/mol. The van der Waals surface area contributed by atoms with Crippen LogP contribution in [-0.2, 0) is 24.1 Å². The first kappa shape index (κ1) is 12.7. The SMILES string of the molecule is CCCSCC(=O)Cc1ccc2c(c1)CCC2. The van der Waals surface area contributed by atoms with Gasteiger partial charge in [0.2, 0.25) is 0 Å². The van der Waals surface area contributed by atoms with Crippen LogP contribution in [0.1, 0.15) is 36.5 Å². The Morgan fingerprint density at radius 2 is 2.12 bits per heavy atom. The molecule has 1 aliphatic carbocycles. The number of hydrogen-bond acceptors (Lipinski definition) is 2. The number of thioether (sulfide) groups is 1. The first-order chi connectivity index (χ1) is 8.29. The fourth-order valence-electron chi connectivity index (χ4n) is 2.34. The van der Waals surface area contributed by atoms with Crippen molar-refractivity contribution in [1.29, 1.82) is 0 Å². The largest absolute Gasteiger partial charge is 0.298 e. The van der Waals surface area contributed by atoms with Crippen molar-refractivity contribution in [3.8, 4) is 0 Å². The van der Waals surface area contributed by atoms with Gasteiger partial charge in [0.15, 0.2) is 0 Å². The summed E-state index contributed by atoms with van der Waals surface area (Å²) in [6.45, 7) is 2.15. The van der Waals surface area contributed by atoms with Crippen LogP contribution in [0.15, 0.2) is 18.2 Å². The van der Waals surface area contributed by atoms with E-state index in [0.717, 1.165) is 12.2 Å². The Morgan fingerprint density at radius 3 is 2.94 bits per heavy atom. The number of carbonyl (C=O) groups excluding carboxylic acids is 1. The van der Waals surface area contributed by atoms with E-state index in [4.69, 9.17) is 0 Å². The fourth-order valence-corrected chi connectivity index (χ4v) is 3.11. The number of aryl methyl sites for hydroxylation is 2. The lowest BCUT2D eigenvalue weighted by Crippen LogP contribution is -2.06. The second kappa shape index (κ2) is 6.25. The van der Waals surface area contributed by atoms with Crippen molar-refractivity contribution < 1.29 is 4.79 Å². The maximum atomic E-state index is 11.8. The molecule has 0 bridgehead atoms. The van der Waals surface area contributed by atoms with E-state index < -0.39 is 0 Å². The first-order valence-electron chi connectivity index (χ1n) is 6.49. The molecule has 0 heterocycles. The summed E-state index contributed by atoms with van der Waals surface area (Å²) in [4.78, 5) is 11.8. The van der Waals surface area contributed by atoms with Gasteiger partial charge in [-0.05, 0) is 48.1 Å². The van der Waals surface area contributed by atoms with Crippen LogP contribution in [0.2, 0.25) is 0 Å². The lowest BCUT2D eigenvalue weighted by Gasteiger charge is -2.04. The molecule has 92 valence electrons. The van der Waals surface area contributed by atoms with Gasteiger partial charge in [0.1, 0.15) is 5.78 Å². The van der Waals surface area contributed by atoms with Crippen molar-refractivity contribution in [2.75, 3.05) is 11.5 Å². The molecule has 1 aromatic carbocycles. The normalized spacial score (nSPS) is 13.7. The van der Waals surface area contributed by atoms with Gasteiger partial charge < -0.3 is 0 Å². The number of benzene rings is 1. The summed E-state index contributed by atoms with van der Waals surface area (Å²) in [5, 5.41) is 0. The topological polar surface area (TPSA) is 17.1 Å². The van der Waals surface area contributed by atoms with Crippen LogP contribution >= 0.6 is 11.8 Å². The Bertz CT molecular complexity index is 398. The van der Waals surface area contributed by atoms with Crippen LogP contribution in [0.4, 0.5) is 0 Å². The summed E-state index contributed by atoms with van der Waals surface area (Å²) < 4.78 is 0. The van der Waals surface area contributed by atoms with E-state index in [2.05, 4.69) is 25.1 Å². The lowest BCUT2D eigenvalue weighted by atomic mass is 10.0. The van der Waals surface area contributed by atoms with Gasteiger partial charge >= 0.3 is 0 Å². The Morgan fingerprint density at radius 1 is 1.29 bits per heavy atom. The van der Waals surface area contributed by atoms with Crippen LogP contribution in [0.25, 0.3) is 0 Å². The Hall–Kier alpha value is -0.760. The first-order valence-corrected chi connectivity index (χ1v) is 7.65. The predicted octanol–water partition coefficient (Wildman–Crippen LogP) is 3.43. The molecule has 1 aliphatic rings. The minimum Gasteiger partial charge on any atom is -0.298 e. The van der Waals surface area contributed by atoms with Gasteiger partial charge in [-0.15, -0.1) is 0 Å². The molecule has 0 atom stereocenters. The summed E-state index contributed by atoms with van der Waals surface area (Å²) in [5.74, 6) is 2.13. The number of ketones is 1. The molecule has 0 aromatic heterocycles. The molecule has 0 spiro atoms.